The van der Waals surface area contributed by atoms with Crippen molar-refractivity contribution in [3.05, 3.63) is 35.4 Å². The fourth-order valence-corrected chi connectivity index (χ4v) is 2.36. The molecule has 0 aromatic heterocycles. The van der Waals surface area contributed by atoms with Crippen molar-refractivity contribution >= 4 is 0 Å². The normalized spacial score (nSPS) is 26.2. The number of rotatable bonds is 3. The van der Waals surface area contributed by atoms with Gasteiger partial charge in [-0.15, -0.1) is 0 Å². The number of halogens is 2. The van der Waals surface area contributed by atoms with Crippen molar-refractivity contribution in [1.82, 2.24) is 5.32 Å². The third-order valence-corrected chi connectivity index (χ3v) is 3.30. The average molecular weight is 226 g/mol. The predicted molar refractivity (Wildman–Crippen MR) is 58.9 cm³/mol. The Bertz CT molecular complexity index is 375. The maximum Gasteiger partial charge on any atom is 0.159 e. The quantitative estimate of drug-likeness (QED) is 0.827. The van der Waals surface area contributed by atoms with E-state index < -0.39 is 11.6 Å². The van der Waals surface area contributed by atoms with E-state index in [1.54, 1.807) is 6.07 Å². The first-order chi connectivity index (χ1) is 7.61. The van der Waals surface area contributed by atoms with Gasteiger partial charge in [-0.1, -0.05) is 6.07 Å². The lowest BCUT2D eigenvalue weighted by Crippen LogP contribution is -2.42. The van der Waals surface area contributed by atoms with Gasteiger partial charge in [0, 0.05) is 12.1 Å². The van der Waals surface area contributed by atoms with Gasteiger partial charge in [0.2, 0.25) is 0 Å². The van der Waals surface area contributed by atoms with Gasteiger partial charge >= 0.3 is 0 Å². The van der Waals surface area contributed by atoms with Gasteiger partial charge in [0.25, 0.3) is 0 Å². The van der Waals surface area contributed by atoms with E-state index in [1.807, 2.05) is 7.05 Å². The summed E-state index contributed by atoms with van der Waals surface area (Å²) < 4.78 is 25.9. The van der Waals surface area contributed by atoms with Crippen molar-refractivity contribution < 1.29 is 8.78 Å². The zero-order chi connectivity index (χ0) is 11.7. The molecule has 1 aromatic rings. The lowest BCUT2D eigenvalue weighted by molar-refractivity contribution is 0.203. The van der Waals surface area contributed by atoms with Crippen LogP contribution in [0, 0.1) is 17.6 Å². The first-order valence-corrected chi connectivity index (χ1v) is 5.49. The van der Waals surface area contributed by atoms with Crippen LogP contribution in [0.2, 0.25) is 0 Å². The predicted octanol–water partition coefficient (Wildman–Crippen LogP) is 1.96. The van der Waals surface area contributed by atoms with E-state index in [0.717, 1.165) is 18.4 Å². The fraction of sp³-hybridized carbons (Fsp3) is 0.500. The first kappa shape index (κ1) is 11.5. The highest BCUT2D eigenvalue weighted by atomic mass is 19.2. The van der Waals surface area contributed by atoms with Crippen molar-refractivity contribution in [2.24, 2.45) is 11.7 Å². The van der Waals surface area contributed by atoms with Crippen LogP contribution in [0.3, 0.4) is 0 Å². The lowest BCUT2D eigenvalue weighted by atomic mass is 9.74. The van der Waals surface area contributed by atoms with Crippen LogP contribution in [0.4, 0.5) is 8.78 Å². The molecule has 0 heterocycles. The highest BCUT2D eigenvalue weighted by Crippen LogP contribution is 2.37. The van der Waals surface area contributed by atoms with E-state index >= 15 is 0 Å². The summed E-state index contributed by atoms with van der Waals surface area (Å²) in [6, 6.07) is 4.39. The molecular formula is C12H16F2N2. The van der Waals surface area contributed by atoms with E-state index in [2.05, 4.69) is 5.32 Å². The summed E-state index contributed by atoms with van der Waals surface area (Å²) in [6.07, 6.45) is 1.87. The van der Waals surface area contributed by atoms with Crippen LogP contribution in [0.15, 0.2) is 18.2 Å². The second-order valence-corrected chi connectivity index (χ2v) is 4.43. The molecular weight excluding hydrogens is 210 g/mol. The van der Waals surface area contributed by atoms with E-state index in [0.29, 0.717) is 5.92 Å². The summed E-state index contributed by atoms with van der Waals surface area (Å²) in [5.74, 6) is -1.17. The van der Waals surface area contributed by atoms with Gasteiger partial charge in [0.15, 0.2) is 11.6 Å². The lowest BCUT2D eigenvalue weighted by Gasteiger charge is -2.38. The Morgan fingerprint density at radius 3 is 2.50 bits per heavy atom. The van der Waals surface area contributed by atoms with Crippen LogP contribution in [-0.2, 0) is 0 Å². The smallest absolute Gasteiger partial charge is 0.159 e. The number of nitrogens with one attached hydrogen (secondary N) is 1. The summed E-state index contributed by atoms with van der Waals surface area (Å²) in [4.78, 5) is 0. The molecule has 0 saturated heterocycles. The molecule has 0 amide bonds. The monoisotopic (exact) mass is 226 g/mol. The molecule has 3 N–H and O–H groups in total. The van der Waals surface area contributed by atoms with Crippen LogP contribution in [0.1, 0.15) is 24.4 Å². The maximum atomic E-state index is 13.1. The van der Waals surface area contributed by atoms with E-state index in [1.165, 1.54) is 12.1 Å². The Morgan fingerprint density at radius 1 is 1.31 bits per heavy atom. The molecule has 16 heavy (non-hydrogen) atoms. The Labute approximate surface area is 93.8 Å². The van der Waals surface area contributed by atoms with Gasteiger partial charge in [0.05, 0.1) is 0 Å². The molecule has 2 nitrogen and oxygen atoms in total. The highest BCUT2D eigenvalue weighted by Gasteiger charge is 2.33. The van der Waals surface area contributed by atoms with Crippen molar-refractivity contribution in [3.63, 3.8) is 0 Å². The van der Waals surface area contributed by atoms with Crippen molar-refractivity contribution in [1.29, 1.82) is 0 Å². The SMILES string of the molecule is CNC(c1ccc(F)c(F)c1)C1CC(N)C1. The van der Waals surface area contributed by atoms with Gasteiger partial charge in [-0.05, 0) is 43.5 Å². The topological polar surface area (TPSA) is 38.0 Å². The number of hydrogen-bond acceptors (Lipinski definition) is 2. The molecule has 1 unspecified atom stereocenters. The molecule has 0 bridgehead atoms. The zero-order valence-corrected chi connectivity index (χ0v) is 9.21. The Hall–Kier alpha value is -1.00. The van der Waals surface area contributed by atoms with Crippen LogP contribution in [0.5, 0.6) is 0 Å². The van der Waals surface area contributed by atoms with Gasteiger partial charge in [-0.25, -0.2) is 8.78 Å². The van der Waals surface area contributed by atoms with Gasteiger partial charge in [-0.2, -0.15) is 0 Å². The number of nitrogens with two attached hydrogens (primary N) is 1. The molecule has 1 atom stereocenters. The second-order valence-electron chi connectivity index (χ2n) is 4.43. The van der Waals surface area contributed by atoms with Gasteiger partial charge in [0.1, 0.15) is 0 Å². The number of hydrogen-bond donors (Lipinski definition) is 2. The summed E-state index contributed by atoms with van der Waals surface area (Å²) in [6.45, 7) is 0. The molecule has 0 aliphatic heterocycles. The largest absolute Gasteiger partial charge is 0.328 e. The summed E-state index contributed by atoms with van der Waals surface area (Å²) in [5, 5.41) is 3.14. The van der Waals surface area contributed by atoms with Crippen LogP contribution >= 0.6 is 0 Å². The van der Waals surface area contributed by atoms with Crippen LogP contribution < -0.4 is 11.1 Å². The van der Waals surface area contributed by atoms with Crippen molar-refractivity contribution in [2.75, 3.05) is 7.05 Å². The zero-order valence-electron chi connectivity index (χ0n) is 9.21. The molecule has 4 heteroatoms. The van der Waals surface area contributed by atoms with E-state index in [9.17, 15) is 8.78 Å². The van der Waals surface area contributed by atoms with Crippen LogP contribution in [-0.4, -0.2) is 13.1 Å². The minimum absolute atomic E-state index is 0.0647. The Kier molecular flexibility index (Phi) is 3.21. The summed E-state index contributed by atoms with van der Waals surface area (Å²) in [7, 11) is 1.83. The molecule has 2 rings (SSSR count). The van der Waals surface area contributed by atoms with Crippen molar-refractivity contribution in [2.45, 2.75) is 24.9 Å². The van der Waals surface area contributed by atoms with Gasteiger partial charge < -0.3 is 11.1 Å². The maximum absolute atomic E-state index is 13.1. The minimum atomic E-state index is -0.802. The third-order valence-electron chi connectivity index (χ3n) is 3.30. The number of benzene rings is 1. The molecule has 1 aromatic carbocycles. The average Bonchev–Trinajstić information content (AvgIpc) is 2.22. The third kappa shape index (κ3) is 2.08. The second kappa shape index (κ2) is 4.47. The molecule has 88 valence electrons. The molecule has 0 spiro atoms. The van der Waals surface area contributed by atoms with E-state index in [-0.39, 0.29) is 12.1 Å². The summed E-state index contributed by atoms with van der Waals surface area (Å²) in [5.41, 5.74) is 6.52. The standard InChI is InChI=1S/C12H16F2N2/c1-16-12(8-4-9(15)5-8)7-2-3-10(13)11(14)6-7/h2-3,6,8-9,12,16H,4-5,15H2,1H3. The Morgan fingerprint density at radius 2 is 2.00 bits per heavy atom. The molecule has 1 aliphatic carbocycles. The molecule has 1 fully saturated rings. The molecule has 0 radical (unpaired) electrons. The van der Waals surface area contributed by atoms with Crippen molar-refractivity contribution in [3.8, 4) is 0 Å². The minimum Gasteiger partial charge on any atom is -0.328 e. The van der Waals surface area contributed by atoms with Crippen LogP contribution in [0.25, 0.3) is 0 Å². The summed E-state index contributed by atoms with van der Waals surface area (Å²) >= 11 is 0. The Balaban J connectivity index is 2.17. The highest BCUT2D eigenvalue weighted by molar-refractivity contribution is 5.22. The molecule has 1 saturated carbocycles. The fourth-order valence-electron chi connectivity index (χ4n) is 2.36. The van der Waals surface area contributed by atoms with Gasteiger partial charge in [-0.3, -0.25) is 0 Å². The first-order valence-electron chi connectivity index (χ1n) is 5.49. The molecule has 1 aliphatic rings. The van der Waals surface area contributed by atoms with E-state index in [4.69, 9.17) is 5.73 Å².